The lowest BCUT2D eigenvalue weighted by atomic mass is 9.96. The number of carbonyl (C=O) groups excluding carboxylic acids is 1. The lowest BCUT2D eigenvalue weighted by Crippen LogP contribution is -2.37. The third-order valence-electron chi connectivity index (χ3n) is 5.25. The van der Waals surface area contributed by atoms with E-state index < -0.39 is 0 Å². The summed E-state index contributed by atoms with van der Waals surface area (Å²) < 4.78 is 1.18. The van der Waals surface area contributed by atoms with Gasteiger partial charge in [0, 0.05) is 29.6 Å². The van der Waals surface area contributed by atoms with Crippen LogP contribution in [0.2, 0.25) is 5.02 Å². The van der Waals surface area contributed by atoms with Crippen LogP contribution < -0.4 is 0 Å². The third kappa shape index (κ3) is 3.36. The Morgan fingerprint density at radius 3 is 2.62 bits per heavy atom. The minimum atomic E-state index is 0.141. The van der Waals surface area contributed by atoms with Gasteiger partial charge in [-0.05, 0) is 68.1 Å². The maximum absolute atomic E-state index is 12.8. The van der Waals surface area contributed by atoms with Gasteiger partial charge in [0.1, 0.15) is 0 Å². The predicted molar refractivity (Wildman–Crippen MR) is 108 cm³/mol. The lowest BCUT2D eigenvalue weighted by molar-refractivity contribution is 0.0713. The number of likely N-dealkylation sites (tertiary alicyclic amines) is 1. The molecule has 0 atom stereocenters. The minimum absolute atomic E-state index is 0.141. The quantitative estimate of drug-likeness (QED) is 0.577. The molecule has 0 unspecified atom stereocenters. The van der Waals surface area contributed by atoms with E-state index in [-0.39, 0.29) is 5.91 Å². The summed E-state index contributed by atoms with van der Waals surface area (Å²) in [6, 6.07) is 11.8. The monoisotopic (exact) mass is 384 g/mol. The molecule has 3 aromatic rings. The van der Waals surface area contributed by atoms with Crippen LogP contribution in [-0.2, 0) is 0 Å². The molecule has 0 spiro atoms. The molecule has 2 heterocycles. The molecule has 26 heavy (non-hydrogen) atoms. The summed E-state index contributed by atoms with van der Waals surface area (Å²) in [4.78, 5) is 19.5. The van der Waals surface area contributed by atoms with Crippen molar-refractivity contribution in [3.8, 4) is 0 Å². The predicted octanol–water partition coefficient (Wildman–Crippen LogP) is 5.59. The van der Waals surface area contributed by atoms with Crippen molar-refractivity contribution < 1.29 is 4.79 Å². The summed E-state index contributed by atoms with van der Waals surface area (Å²) in [6.45, 7) is 5.69. The first kappa shape index (κ1) is 17.5. The number of carbonyl (C=O) groups is 1. The van der Waals surface area contributed by atoms with Gasteiger partial charge in [-0.2, -0.15) is 0 Å². The molecule has 2 aromatic carbocycles. The second-order valence-corrected chi connectivity index (χ2v) is 8.53. The van der Waals surface area contributed by atoms with Crippen LogP contribution in [0, 0.1) is 13.8 Å². The van der Waals surface area contributed by atoms with Crippen molar-refractivity contribution >= 4 is 39.1 Å². The maximum Gasteiger partial charge on any atom is 0.253 e. The zero-order valence-corrected chi connectivity index (χ0v) is 16.5. The number of halogens is 1. The van der Waals surface area contributed by atoms with Gasteiger partial charge in [-0.25, -0.2) is 4.98 Å². The van der Waals surface area contributed by atoms with Gasteiger partial charge in [-0.3, -0.25) is 4.79 Å². The molecule has 1 aromatic heterocycles. The Labute approximate surface area is 162 Å². The molecule has 0 N–H and O–H groups in total. The molecule has 134 valence electrons. The van der Waals surface area contributed by atoms with Gasteiger partial charge in [0.05, 0.1) is 15.2 Å². The molecule has 0 bridgehead atoms. The van der Waals surface area contributed by atoms with Crippen LogP contribution in [0.15, 0.2) is 36.4 Å². The molecular formula is C21H21ClN2OS. The second kappa shape index (κ2) is 7.01. The molecule has 1 aliphatic rings. The number of fused-ring (bicyclic) bond motifs is 1. The van der Waals surface area contributed by atoms with Crippen LogP contribution in [0.3, 0.4) is 0 Å². The lowest BCUT2D eigenvalue weighted by Gasteiger charge is -2.31. The van der Waals surface area contributed by atoms with Crippen molar-refractivity contribution in [1.29, 1.82) is 0 Å². The van der Waals surface area contributed by atoms with Crippen LogP contribution in [0.4, 0.5) is 0 Å². The number of rotatable bonds is 2. The minimum Gasteiger partial charge on any atom is -0.339 e. The molecule has 3 nitrogen and oxygen atoms in total. The summed E-state index contributed by atoms with van der Waals surface area (Å²) in [6.07, 6.45) is 1.92. The number of amides is 1. The van der Waals surface area contributed by atoms with Gasteiger partial charge in [-0.1, -0.05) is 17.7 Å². The molecule has 1 amide bonds. The van der Waals surface area contributed by atoms with E-state index >= 15 is 0 Å². The molecule has 0 radical (unpaired) electrons. The average Bonchev–Trinajstić information content (AvgIpc) is 3.06. The van der Waals surface area contributed by atoms with Gasteiger partial charge < -0.3 is 4.90 Å². The number of aromatic nitrogens is 1. The van der Waals surface area contributed by atoms with Crippen molar-refractivity contribution in [3.63, 3.8) is 0 Å². The Morgan fingerprint density at radius 2 is 1.88 bits per heavy atom. The van der Waals surface area contributed by atoms with E-state index in [2.05, 4.69) is 13.8 Å². The Kier molecular flexibility index (Phi) is 4.72. The normalized spacial score (nSPS) is 15.6. The van der Waals surface area contributed by atoms with Gasteiger partial charge in [0.15, 0.2) is 0 Å². The van der Waals surface area contributed by atoms with Gasteiger partial charge in [0.25, 0.3) is 5.91 Å². The number of thiazole rings is 1. The molecule has 5 heteroatoms. The Morgan fingerprint density at radius 1 is 1.12 bits per heavy atom. The molecule has 1 fully saturated rings. The first-order valence-electron chi connectivity index (χ1n) is 8.94. The highest BCUT2D eigenvalue weighted by Gasteiger charge is 2.26. The van der Waals surface area contributed by atoms with Crippen molar-refractivity contribution in [1.82, 2.24) is 9.88 Å². The third-order valence-corrected chi connectivity index (χ3v) is 6.69. The first-order valence-corrected chi connectivity index (χ1v) is 10.1. The number of aryl methyl sites for hydroxylation is 2. The largest absolute Gasteiger partial charge is 0.339 e. The van der Waals surface area contributed by atoms with E-state index in [0.29, 0.717) is 5.92 Å². The van der Waals surface area contributed by atoms with E-state index in [1.165, 1.54) is 20.8 Å². The Balaban J connectivity index is 1.46. The summed E-state index contributed by atoms with van der Waals surface area (Å²) in [5.74, 6) is 0.567. The van der Waals surface area contributed by atoms with Gasteiger partial charge >= 0.3 is 0 Å². The van der Waals surface area contributed by atoms with Crippen LogP contribution in [0.1, 0.15) is 45.3 Å². The first-order chi connectivity index (χ1) is 12.5. The summed E-state index contributed by atoms with van der Waals surface area (Å²) in [5.41, 5.74) is 4.15. The fourth-order valence-electron chi connectivity index (χ4n) is 3.48. The standard InChI is InChI=1S/C21H21ClN2OS/c1-13-3-4-16(11-14(13)2)21(25)24-9-7-15(8-10-24)20-23-18-12-17(22)5-6-19(18)26-20/h3-6,11-12,15H,7-10H2,1-2H3. The van der Waals surface area contributed by atoms with E-state index in [9.17, 15) is 4.79 Å². The van der Waals surface area contributed by atoms with E-state index in [1.54, 1.807) is 11.3 Å². The molecule has 1 saturated heterocycles. The van der Waals surface area contributed by atoms with Crippen LogP contribution in [0.5, 0.6) is 0 Å². The average molecular weight is 385 g/mol. The molecule has 0 saturated carbocycles. The van der Waals surface area contributed by atoms with E-state index in [0.717, 1.165) is 42.0 Å². The van der Waals surface area contributed by atoms with E-state index in [4.69, 9.17) is 16.6 Å². The smallest absolute Gasteiger partial charge is 0.253 e. The zero-order chi connectivity index (χ0) is 18.3. The highest BCUT2D eigenvalue weighted by molar-refractivity contribution is 7.18. The zero-order valence-electron chi connectivity index (χ0n) is 15.0. The fraction of sp³-hybridized carbons (Fsp3) is 0.333. The number of hydrogen-bond donors (Lipinski definition) is 0. The highest BCUT2D eigenvalue weighted by atomic mass is 35.5. The van der Waals surface area contributed by atoms with Crippen molar-refractivity contribution in [2.24, 2.45) is 0 Å². The SMILES string of the molecule is Cc1ccc(C(=O)N2CCC(c3nc4cc(Cl)ccc4s3)CC2)cc1C. The topological polar surface area (TPSA) is 33.2 Å². The van der Waals surface area contributed by atoms with Gasteiger partial charge in [-0.15, -0.1) is 11.3 Å². The highest BCUT2D eigenvalue weighted by Crippen LogP contribution is 2.35. The molecule has 4 rings (SSSR count). The number of nitrogens with zero attached hydrogens (tertiary/aromatic N) is 2. The number of piperidine rings is 1. The Bertz CT molecular complexity index is 973. The summed E-state index contributed by atoms with van der Waals surface area (Å²) in [5, 5.41) is 1.89. The van der Waals surface area contributed by atoms with Crippen LogP contribution in [0.25, 0.3) is 10.2 Å². The second-order valence-electron chi connectivity index (χ2n) is 7.03. The summed E-state index contributed by atoms with van der Waals surface area (Å²) in [7, 11) is 0. The fourth-order valence-corrected chi connectivity index (χ4v) is 4.76. The van der Waals surface area contributed by atoms with Gasteiger partial charge in [0.2, 0.25) is 0 Å². The van der Waals surface area contributed by atoms with Crippen LogP contribution >= 0.6 is 22.9 Å². The molecule has 1 aliphatic heterocycles. The number of hydrogen-bond acceptors (Lipinski definition) is 3. The maximum atomic E-state index is 12.8. The van der Waals surface area contributed by atoms with Crippen molar-refractivity contribution in [2.75, 3.05) is 13.1 Å². The molecular weight excluding hydrogens is 364 g/mol. The van der Waals surface area contributed by atoms with Crippen molar-refractivity contribution in [2.45, 2.75) is 32.6 Å². The Hall–Kier alpha value is -1.91. The summed E-state index contributed by atoms with van der Waals surface area (Å²) >= 11 is 7.82. The van der Waals surface area contributed by atoms with Crippen LogP contribution in [-0.4, -0.2) is 28.9 Å². The van der Waals surface area contributed by atoms with Crippen molar-refractivity contribution in [3.05, 3.63) is 63.1 Å². The van der Waals surface area contributed by atoms with E-state index in [1.807, 2.05) is 41.3 Å². The number of benzene rings is 2. The molecule has 0 aliphatic carbocycles.